The Morgan fingerprint density at radius 3 is 2.83 bits per heavy atom. The topological polar surface area (TPSA) is 51.4 Å². The Morgan fingerprint density at radius 1 is 1.43 bits per heavy atom. The van der Waals surface area contributed by atoms with Gasteiger partial charge in [0.15, 0.2) is 0 Å². The molecule has 0 bridgehead atoms. The molecule has 0 amide bonds. The first kappa shape index (κ1) is 16.0. The van der Waals surface area contributed by atoms with Crippen molar-refractivity contribution in [2.75, 3.05) is 0 Å². The standard InChI is InChI=1S/C16H18ClFN4O/c1-10-7-15(21-23-10)19-8-14-11(2)20-22(16(14)17)9-12-3-5-13(18)6-4-12/h3-6,10H,7-9H2,1-2H3,(H,19,21). The highest BCUT2D eigenvalue weighted by molar-refractivity contribution is 6.30. The summed E-state index contributed by atoms with van der Waals surface area (Å²) in [6.45, 7) is 4.83. The minimum Gasteiger partial charge on any atom is -0.272 e. The normalized spacial score (nSPS) is 19.3. The molecule has 1 aliphatic rings. The number of rotatable bonds is 4. The lowest BCUT2D eigenvalue weighted by atomic mass is 10.2. The molecular weight excluding hydrogens is 319 g/mol. The first-order valence-corrected chi connectivity index (χ1v) is 7.82. The Kier molecular flexibility index (Phi) is 4.63. The molecule has 0 saturated carbocycles. The van der Waals surface area contributed by atoms with Crippen molar-refractivity contribution in [3.63, 3.8) is 0 Å². The summed E-state index contributed by atoms with van der Waals surface area (Å²) in [6, 6.07) is 6.31. The van der Waals surface area contributed by atoms with Gasteiger partial charge in [0.25, 0.3) is 0 Å². The second-order valence-corrected chi connectivity index (χ2v) is 5.99. The number of aliphatic imine (C=N–C) groups is 1. The largest absolute Gasteiger partial charge is 0.272 e. The quantitative estimate of drug-likeness (QED) is 0.932. The molecule has 7 heteroatoms. The number of halogens is 2. The van der Waals surface area contributed by atoms with E-state index in [1.807, 2.05) is 13.8 Å². The van der Waals surface area contributed by atoms with Gasteiger partial charge in [0, 0.05) is 12.0 Å². The van der Waals surface area contributed by atoms with Crippen LogP contribution in [0.5, 0.6) is 0 Å². The van der Waals surface area contributed by atoms with E-state index in [0.717, 1.165) is 29.1 Å². The zero-order chi connectivity index (χ0) is 16.4. The maximum absolute atomic E-state index is 13.0. The Morgan fingerprint density at radius 2 is 2.17 bits per heavy atom. The fourth-order valence-electron chi connectivity index (χ4n) is 2.43. The molecule has 5 nitrogen and oxygen atoms in total. The molecule has 1 N–H and O–H groups in total. The van der Waals surface area contributed by atoms with Crippen molar-refractivity contribution in [3.8, 4) is 0 Å². The second-order valence-electron chi connectivity index (χ2n) is 5.64. The van der Waals surface area contributed by atoms with E-state index in [9.17, 15) is 4.39 Å². The molecule has 1 unspecified atom stereocenters. The third-order valence-electron chi connectivity index (χ3n) is 3.72. The van der Waals surface area contributed by atoms with Gasteiger partial charge in [0.2, 0.25) is 0 Å². The van der Waals surface area contributed by atoms with Gasteiger partial charge >= 0.3 is 0 Å². The van der Waals surface area contributed by atoms with Crippen molar-refractivity contribution in [2.45, 2.75) is 39.5 Å². The minimum atomic E-state index is -0.256. The van der Waals surface area contributed by atoms with Gasteiger partial charge in [-0.15, -0.1) is 0 Å². The van der Waals surface area contributed by atoms with Crippen LogP contribution in [0.1, 0.15) is 30.2 Å². The highest BCUT2D eigenvalue weighted by Crippen LogP contribution is 2.22. The SMILES string of the molecule is Cc1nn(Cc2ccc(F)cc2)c(Cl)c1CN=C1CC(C)ON1. The third-order valence-corrected chi connectivity index (χ3v) is 4.14. The van der Waals surface area contributed by atoms with Crippen molar-refractivity contribution >= 4 is 17.4 Å². The van der Waals surface area contributed by atoms with E-state index in [1.54, 1.807) is 16.8 Å². The molecule has 2 heterocycles. The molecule has 122 valence electrons. The van der Waals surface area contributed by atoms with Crippen LogP contribution in [0.25, 0.3) is 0 Å². The Hall–Kier alpha value is -1.92. The van der Waals surface area contributed by atoms with Gasteiger partial charge in [-0.1, -0.05) is 23.7 Å². The minimum absolute atomic E-state index is 0.131. The summed E-state index contributed by atoms with van der Waals surface area (Å²) < 4.78 is 14.7. The second kappa shape index (κ2) is 6.68. The number of benzene rings is 1. The molecular formula is C16H18ClFN4O. The average Bonchev–Trinajstić information content (AvgIpc) is 3.04. The summed E-state index contributed by atoms with van der Waals surface area (Å²) in [5.74, 6) is 0.563. The van der Waals surface area contributed by atoms with Crippen LogP contribution in [0.4, 0.5) is 4.39 Å². The Bertz CT molecular complexity index is 726. The van der Waals surface area contributed by atoms with E-state index in [-0.39, 0.29) is 11.9 Å². The van der Waals surface area contributed by atoms with E-state index < -0.39 is 0 Å². The van der Waals surface area contributed by atoms with Crippen LogP contribution in [0.15, 0.2) is 29.3 Å². The number of nitrogens with zero attached hydrogens (tertiary/aromatic N) is 3. The molecule has 1 aromatic carbocycles. The van der Waals surface area contributed by atoms with Crippen LogP contribution in [0.2, 0.25) is 5.15 Å². The molecule has 2 aromatic rings. The molecule has 0 radical (unpaired) electrons. The first-order valence-electron chi connectivity index (χ1n) is 7.44. The number of hydrogen-bond donors (Lipinski definition) is 1. The Balaban J connectivity index is 1.75. The number of aromatic nitrogens is 2. The van der Waals surface area contributed by atoms with Gasteiger partial charge < -0.3 is 0 Å². The molecule has 3 rings (SSSR count). The first-order chi connectivity index (χ1) is 11.0. The van der Waals surface area contributed by atoms with Gasteiger partial charge in [0.05, 0.1) is 24.9 Å². The Labute approximate surface area is 139 Å². The number of hydroxylamine groups is 1. The van der Waals surface area contributed by atoms with Crippen LogP contribution >= 0.6 is 11.6 Å². The number of nitrogens with one attached hydrogen (secondary N) is 1. The number of amidine groups is 1. The van der Waals surface area contributed by atoms with Crippen molar-refractivity contribution in [1.29, 1.82) is 0 Å². The van der Waals surface area contributed by atoms with E-state index in [1.165, 1.54) is 12.1 Å². The van der Waals surface area contributed by atoms with Crippen LogP contribution in [-0.4, -0.2) is 21.7 Å². The maximum atomic E-state index is 13.0. The predicted molar refractivity (Wildman–Crippen MR) is 86.9 cm³/mol. The maximum Gasteiger partial charge on any atom is 0.132 e. The summed E-state index contributed by atoms with van der Waals surface area (Å²) in [5, 5.41) is 5.02. The van der Waals surface area contributed by atoms with E-state index >= 15 is 0 Å². The summed E-state index contributed by atoms with van der Waals surface area (Å²) in [5.41, 5.74) is 5.48. The monoisotopic (exact) mass is 336 g/mol. The van der Waals surface area contributed by atoms with Crippen LogP contribution in [0, 0.1) is 12.7 Å². The fraction of sp³-hybridized carbons (Fsp3) is 0.375. The number of aryl methyl sites for hydroxylation is 1. The molecule has 23 heavy (non-hydrogen) atoms. The van der Waals surface area contributed by atoms with Gasteiger partial charge in [-0.2, -0.15) is 5.10 Å². The van der Waals surface area contributed by atoms with Gasteiger partial charge in [-0.25, -0.2) is 9.07 Å². The summed E-state index contributed by atoms with van der Waals surface area (Å²) in [7, 11) is 0. The van der Waals surface area contributed by atoms with E-state index in [0.29, 0.717) is 18.2 Å². The predicted octanol–water partition coefficient (Wildman–Crippen LogP) is 3.24. The van der Waals surface area contributed by atoms with Crippen molar-refractivity contribution in [1.82, 2.24) is 15.3 Å². The highest BCUT2D eigenvalue weighted by atomic mass is 35.5. The zero-order valence-electron chi connectivity index (χ0n) is 13.0. The average molecular weight is 337 g/mol. The van der Waals surface area contributed by atoms with Crippen molar-refractivity contribution in [2.24, 2.45) is 4.99 Å². The van der Waals surface area contributed by atoms with Gasteiger partial charge in [-0.05, 0) is 31.5 Å². The molecule has 0 spiro atoms. The lowest BCUT2D eigenvalue weighted by molar-refractivity contribution is 0.0574. The van der Waals surface area contributed by atoms with Crippen LogP contribution in [0.3, 0.4) is 0 Å². The molecule has 1 aromatic heterocycles. The lowest BCUT2D eigenvalue weighted by Crippen LogP contribution is -2.13. The van der Waals surface area contributed by atoms with Crippen LogP contribution < -0.4 is 5.48 Å². The van der Waals surface area contributed by atoms with Crippen LogP contribution in [-0.2, 0) is 17.9 Å². The lowest BCUT2D eigenvalue weighted by Gasteiger charge is -2.04. The molecule has 1 saturated heterocycles. The smallest absolute Gasteiger partial charge is 0.132 e. The molecule has 1 fully saturated rings. The summed E-state index contributed by atoms with van der Waals surface area (Å²) in [4.78, 5) is 9.73. The van der Waals surface area contributed by atoms with E-state index in [4.69, 9.17) is 16.4 Å². The zero-order valence-corrected chi connectivity index (χ0v) is 13.8. The van der Waals surface area contributed by atoms with Gasteiger partial charge in [-0.3, -0.25) is 15.3 Å². The van der Waals surface area contributed by atoms with Crippen molar-refractivity contribution < 1.29 is 9.23 Å². The molecule has 0 aliphatic carbocycles. The van der Waals surface area contributed by atoms with Gasteiger partial charge in [0.1, 0.15) is 16.8 Å². The summed E-state index contributed by atoms with van der Waals surface area (Å²) in [6.07, 6.45) is 0.895. The summed E-state index contributed by atoms with van der Waals surface area (Å²) >= 11 is 6.43. The molecule has 1 aliphatic heterocycles. The van der Waals surface area contributed by atoms with Crippen molar-refractivity contribution in [3.05, 3.63) is 52.1 Å². The molecule has 1 atom stereocenters. The van der Waals surface area contributed by atoms with E-state index in [2.05, 4.69) is 15.6 Å². The third kappa shape index (κ3) is 3.71. The highest BCUT2D eigenvalue weighted by Gasteiger charge is 2.18. The number of hydrogen-bond acceptors (Lipinski definition) is 3. The fourth-order valence-corrected chi connectivity index (χ4v) is 2.73.